The summed E-state index contributed by atoms with van der Waals surface area (Å²) in [7, 11) is 1.65. The van der Waals surface area contributed by atoms with E-state index in [1.54, 1.807) is 24.6 Å². The molecule has 0 bridgehead atoms. The molecule has 0 radical (unpaired) electrons. The Balaban J connectivity index is 1.40. The number of pyridine rings is 1. The minimum Gasteiger partial charge on any atom is -0.497 e. The molecular formula is C21H20N4O2S. The number of hydrogen-bond acceptors (Lipinski definition) is 5. The number of amides is 1. The molecule has 0 aliphatic carbocycles. The molecule has 1 N–H and O–H groups in total. The highest BCUT2D eigenvalue weighted by atomic mass is 32.1. The average Bonchev–Trinajstić information content (AvgIpc) is 3.33. The number of imidazole rings is 1. The van der Waals surface area contributed by atoms with Gasteiger partial charge in [0.05, 0.1) is 25.0 Å². The zero-order chi connectivity index (χ0) is 19.3. The van der Waals surface area contributed by atoms with Gasteiger partial charge in [-0.25, -0.2) is 4.98 Å². The lowest BCUT2D eigenvalue weighted by atomic mass is 10.1. The van der Waals surface area contributed by atoms with Gasteiger partial charge in [-0.3, -0.25) is 14.2 Å². The summed E-state index contributed by atoms with van der Waals surface area (Å²) in [6, 6.07) is 13.5. The Kier molecular flexibility index (Phi) is 5.34. The number of aryl methyl sites for hydroxylation is 1. The van der Waals surface area contributed by atoms with E-state index in [1.165, 1.54) is 0 Å². The Morgan fingerprint density at radius 2 is 2.07 bits per heavy atom. The van der Waals surface area contributed by atoms with Gasteiger partial charge in [0.15, 0.2) is 4.96 Å². The standard InChI is InChI=1S/C21H20N4O2S/c1-27-18-8-5-15(6-9-18)19-13-25-17(14-28-21(25)24-19)7-10-20(26)23-12-16-4-2-3-11-22-16/h2-6,8-9,11,13-14H,7,10,12H2,1H3,(H,23,26). The normalized spacial score (nSPS) is 10.9. The lowest BCUT2D eigenvalue weighted by Crippen LogP contribution is -2.23. The zero-order valence-electron chi connectivity index (χ0n) is 15.5. The fourth-order valence-electron chi connectivity index (χ4n) is 2.93. The molecule has 0 saturated heterocycles. The van der Waals surface area contributed by atoms with Crippen molar-refractivity contribution in [3.8, 4) is 17.0 Å². The first-order chi connectivity index (χ1) is 13.7. The van der Waals surface area contributed by atoms with Crippen LogP contribution in [-0.2, 0) is 17.8 Å². The first-order valence-electron chi connectivity index (χ1n) is 8.99. The molecule has 142 valence electrons. The van der Waals surface area contributed by atoms with Gasteiger partial charge >= 0.3 is 0 Å². The van der Waals surface area contributed by atoms with Crippen LogP contribution in [0.1, 0.15) is 17.8 Å². The van der Waals surface area contributed by atoms with Crippen molar-refractivity contribution < 1.29 is 9.53 Å². The van der Waals surface area contributed by atoms with Gasteiger partial charge in [-0.2, -0.15) is 0 Å². The summed E-state index contributed by atoms with van der Waals surface area (Å²) in [4.78, 5) is 22.0. The fraction of sp³-hybridized carbons (Fsp3) is 0.190. The molecule has 3 heterocycles. The topological polar surface area (TPSA) is 68.5 Å². The first-order valence-corrected chi connectivity index (χ1v) is 9.87. The smallest absolute Gasteiger partial charge is 0.220 e. The van der Waals surface area contributed by atoms with Gasteiger partial charge in [0.1, 0.15) is 5.75 Å². The highest BCUT2D eigenvalue weighted by Crippen LogP contribution is 2.25. The van der Waals surface area contributed by atoms with Crippen LogP contribution in [0.4, 0.5) is 0 Å². The third-order valence-electron chi connectivity index (χ3n) is 4.47. The van der Waals surface area contributed by atoms with Gasteiger partial charge in [0.2, 0.25) is 5.91 Å². The maximum Gasteiger partial charge on any atom is 0.220 e. The number of thiazole rings is 1. The summed E-state index contributed by atoms with van der Waals surface area (Å²) in [5.41, 5.74) is 3.89. The highest BCUT2D eigenvalue weighted by molar-refractivity contribution is 7.15. The van der Waals surface area contributed by atoms with Gasteiger partial charge in [0, 0.05) is 35.5 Å². The molecule has 1 amide bonds. The number of ether oxygens (including phenoxy) is 1. The second-order valence-electron chi connectivity index (χ2n) is 6.33. The van der Waals surface area contributed by atoms with E-state index in [0.29, 0.717) is 19.4 Å². The Hall–Kier alpha value is -3.19. The van der Waals surface area contributed by atoms with E-state index in [9.17, 15) is 4.79 Å². The summed E-state index contributed by atoms with van der Waals surface area (Å²) in [6.07, 6.45) is 4.83. The molecule has 0 spiro atoms. The largest absolute Gasteiger partial charge is 0.497 e. The van der Waals surface area contributed by atoms with Crippen molar-refractivity contribution in [1.82, 2.24) is 19.7 Å². The van der Waals surface area contributed by atoms with Gasteiger partial charge in [-0.1, -0.05) is 6.07 Å². The number of carbonyl (C=O) groups excluding carboxylic acids is 1. The number of methoxy groups -OCH3 is 1. The summed E-state index contributed by atoms with van der Waals surface area (Å²) >= 11 is 1.58. The molecule has 1 aromatic carbocycles. The summed E-state index contributed by atoms with van der Waals surface area (Å²) < 4.78 is 7.27. The Labute approximate surface area is 166 Å². The van der Waals surface area contributed by atoms with Crippen molar-refractivity contribution in [3.63, 3.8) is 0 Å². The molecule has 0 aliphatic rings. The van der Waals surface area contributed by atoms with E-state index >= 15 is 0 Å². The van der Waals surface area contributed by atoms with E-state index < -0.39 is 0 Å². The van der Waals surface area contributed by atoms with Gasteiger partial charge in [0.25, 0.3) is 0 Å². The first kappa shape index (κ1) is 18.2. The van der Waals surface area contributed by atoms with Crippen LogP contribution < -0.4 is 10.1 Å². The molecule has 0 unspecified atom stereocenters. The average molecular weight is 392 g/mol. The molecule has 0 fully saturated rings. The van der Waals surface area contributed by atoms with Crippen LogP contribution in [0.5, 0.6) is 5.75 Å². The van der Waals surface area contributed by atoms with Crippen molar-refractivity contribution in [3.05, 3.63) is 71.6 Å². The van der Waals surface area contributed by atoms with Crippen molar-refractivity contribution in [2.75, 3.05) is 7.11 Å². The molecule has 6 nitrogen and oxygen atoms in total. The van der Waals surface area contributed by atoms with E-state index in [2.05, 4.69) is 20.1 Å². The van der Waals surface area contributed by atoms with Gasteiger partial charge in [-0.05, 0) is 42.8 Å². The predicted molar refractivity (Wildman–Crippen MR) is 109 cm³/mol. The van der Waals surface area contributed by atoms with E-state index in [0.717, 1.165) is 33.4 Å². The van der Waals surface area contributed by atoms with Gasteiger partial charge in [-0.15, -0.1) is 11.3 Å². The molecule has 0 atom stereocenters. The SMILES string of the molecule is COc1ccc(-c2cn3c(CCC(=O)NCc4ccccn4)csc3n2)cc1. The molecule has 4 rings (SSSR count). The maximum atomic E-state index is 12.2. The molecule has 28 heavy (non-hydrogen) atoms. The summed E-state index contributed by atoms with van der Waals surface area (Å²) in [5, 5.41) is 4.98. The Bertz CT molecular complexity index is 1070. The number of fused-ring (bicyclic) bond motifs is 1. The molecule has 0 saturated carbocycles. The summed E-state index contributed by atoms with van der Waals surface area (Å²) in [6.45, 7) is 0.450. The van der Waals surface area contributed by atoms with Crippen molar-refractivity contribution >= 4 is 22.2 Å². The maximum absolute atomic E-state index is 12.2. The zero-order valence-corrected chi connectivity index (χ0v) is 16.3. The number of aromatic nitrogens is 3. The van der Waals surface area contributed by atoms with E-state index in [4.69, 9.17) is 9.72 Å². The second-order valence-corrected chi connectivity index (χ2v) is 7.17. The third-order valence-corrected chi connectivity index (χ3v) is 5.36. The summed E-state index contributed by atoms with van der Waals surface area (Å²) in [5.74, 6) is 0.836. The fourth-order valence-corrected chi connectivity index (χ4v) is 3.84. The second kappa shape index (κ2) is 8.22. The Morgan fingerprint density at radius 3 is 2.82 bits per heavy atom. The van der Waals surface area contributed by atoms with Crippen molar-refractivity contribution in [2.24, 2.45) is 0 Å². The number of nitrogens with one attached hydrogen (secondary N) is 1. The van der Waals surface area contributed by atoms with Crippen LogP contribution in [0.25, 0.3) is 16.2 Å². The molecule has 3 aromatic heterocycles. The molecule has 0 aliphatic heterocycles. The van der Waals surface area contributed by atoms with Crippen LogP contribution in [0.15, 0.2) is 60.2 Å². The van der Waals surface area contributed by atoms with E-state index in [-0.39, 0.29) is 5.91 Å². The number of carbonyl (C=O) groups is 1. The van der Waals surface area contributed by atoms with Crippen molar-refractivity contribution in [2.45, 2.75) is 19.4 Å². The van der Waals surface area contributed by atoms with Crippen molar-refractivity contribution in [1.29, 1.82) is 0 Å². The lowest BCUT2D eigenvalue weighted by Gasteiger charge is -2.04. The third kappa shape index (κ3) is 4.04. The number of hydrogen-bond donors (Lipinski definition) is 1. The van der Waals surface area contributed by atoms with E-state index in [1.807, 2.05) is 48.7 Å². The molecular weight excluding hydrogens is 372 g/mol. The van der Waals surface area contributed by atoms with Crippen LogP contribution >= 0.6 is 11.3 Å². The van der Waals surface area contributed by atoms with Crippen LogP contribution in [0.2, 0.25) is 0 Å². The number of benzene rings is 1. The highest BCUT2D eigenvalue weighted by Gasteiger charge is 2.11. The molecule has 4 aromatic rings. The molecule has 7 heteroatoms. The minimum absolute atomic E-state index is 0.0143. The van der Waals surface area contributed by atoms with Crippen LogP contribution in [0, 0.1) is 0 Å². The monoisotopic (exact) mass is 392 g/mol. The Morgan fingerprint density at radius 1 is 1.21 bits per heavy atom. The van der Waals surface area contributed by atoms with Crippen LogP contribution in [0.3, 0.4) is 0 Å². The van der Waals surface area contributed by atoms with Crippen LogP contribution in [-0.4, -0.2) is 27.4 Å². The minimum atomic E-state index is 0.0143. The lowest BCUT2D eigenvalue weighted by molar-refractivity contribution is -0.121. The number of nitrogens with zero attached hydrogens (tertiary/aromatic N) is 3. The predicted octanol–water partition coefficient (Wildman–Crippen LogP) is 3.72. The number of rotatable bonds is 7. The van der Waals surface area contributed by atoms with Gasteiger partial charge < -0.3 is 10.1 Å². The quantitative estimate of drug-likeness (QED) is 0.521.